The van der Waals surface area contributed by atoms with Gasteiger partial charge >= 0.3 is 0 Å². The normalized spacial score (nSPS) is 10.4. The van der Waals surface area contributed by atoms with Gasteiger partial charge in [-0.25, -0.2) is 0 Å². The number of nitrogens with one attached hydrogen (secondary N) is 1. The number of rotatable bonds is 7. The molecule has 0 aliphatic carbocycles. The first-order valence-corrected chi connectivity index (χ1v) is 6.21. The van der Waals surface area contributed by atoms with Gasteiger partial charge in [-0.1, -0.05) is 29.4 Å². The van der Waals surface area contributed by atoms with Crippen LogP contribution >= 0.6 is 0 Å². The lowest BCUT2D eigenvalue weighted by molar-refractivity contribution is 0.437. The Morgan fingerprint density at radius 1 is 1.25 bits per heavy atom. The van der Waals surface area contributed by atoms with Crippen molar-refractivity contribution in [3.8, 4) is 0 Å². The van der Waals surface area contributed by atoms with Gasteiger partial charge in [0.1, 0.15) is 0 Å². The first kappa shape index (κ1) is 14.1. The van der Waals surface area contributed by atoms with Gasteiger partial charge in [-0.3, -0.25) is 0 Å². The van der Waals surface area contributed by atoms with Crippen LogP contribution in [-0.2, 0) is 19.5 Å². The molecular weight excluding hydrogens is 253 g/mol. The molecule has 1 aromatic carbocycles. The Morgan fingerprint density at radius 2 is 2.00 bits per heavy atom. The largest absolute Gasteiger partial charge is 0.345 e. The van der Waals surface area contributed by atoms with Crippen LogP contribution in [0.25, 0.3) is 10.4 Å². The SMILES string of the molecule is [B]N(Cc1ccc(CCN=[N+]=[N-])cc1)Cc1cn[nH]n1. The summed E-state index contributed by atoms with van der Waals surface area (Å²) in [6.45, 7) is 1.64. The molecule has 0 unspecified atom stereocenters. The lowest BCUT2D eigenvalue weighted by Crippen LogP contribution is -2.19. The first-order valence-electron chi connectivity index (χ1n) is 6.21. The van der Waals surface area contributed by atoms with Crippen LogP contribution in [0.5, 0.6) is 0 Å². The molecule has 20 heavy (non-hydrogen) atoms. The van der Waals surface area contributed by atoms with Crippen LogP contribution in [0.4, 0.5) is 0 Å². The summed E-state index contributed by atoms with van der Waals surface area (Å²) in [5, 5.41) is 13.8. The van der Waals surface area contributed by atoms with Crippen molar-refractivity contribution in [3.63, 3.8) is 0 Å². The standard InChI is InChI=1S/C12H14BN7/c13-20(9-12-7-16-19-17-12)8-11-3-1-10(2-4-11)5-6-15-18-14/h1-4,7H,5-6,8-9H2,(H,16,17,19). The van der Waals surface area contributed by atoms with Gasteiger partial charge in [0.05, 0.1) is 11.9 Å². The van der Waals surface area contributed by atoms with E-state index in [-0.39, 0.29) is 0 Å². The van der Waals surface area contributed by atoms with Gasteiger partial charge < -0.3 is 4.81 Å². The molecule has 1 N–H and O–H groups in total. The van der Waals surface area contributed by atoms with E-state index < -0.39 is 0 Å². The Bertz CT molecular complexity index is 560. The highest BCUT2D eigenvalue weighted by Crippen LogP contribution is 2.08. The number of hydrogen-bond donors (Lipinski definition) is 1. The number of benzene rings is 1. The van der Waals surface area contributed by atoms with Crippen LogP contribution in [-0.4, -0.2) is 34.7 Å². The van der Waals surface area contributed by atoms with Crippen molar-refractivity contribution in [2.75, 3.05) is 6.54 Å². The van der Waals surface area contributed by atoms with Crippen LogP contribution in [0.15, 0.2) is 35.6 Å². The molecule has 100 valence electrons. The summed E-state index contributed by atoms with van der Waals surface area (Å²) in [5.41, 5.74) is 11.3. The Labute approximate surface area is 118 Å². The molecule has 0 aliphatic rings. The van der Waals surface area contributed by atoms with E-state index in [1.54, 1.807) is 11.0 Å². The van der Waals surface area contributed by atoms with Gasteiger partial charge in [0.25, 0.3) is 0 Å². The molecule has 7 nitrogen and oxygen atoms in total. The molecule has 2 radical (unpaired) electrons. The van der Waals surface area contributed by atoms with Gasteiger partial charge in [0, 0.05) is 24.5 Å². The second-order valence-corrected chi connectivity index (χ2v) is 4.39. The summed E-state index contributed by atoms with van der Waals surface area (Å²) in [5.74, 6) is 0. The van der Waals surface area contributed by atoms with Crippen LogP contribution in [0.2, 0.25) is 0 Å². The highest BCUT2D eigenvalue weighted by atomic mass is 15.3. The van der Waals surface area contributed by atoms with Gasteiger partial charge in [0.15, 0.2) is 7.98 Å². The Hall–Kier alpha value is -2.31. The van der Waals surface area contributed by atoms with Crippen molar-refractivity contribution in [2.24, 2.45) is 5.11 Å². The second kappa shape index (κ2) is 7.32. The van der Waals surface area contributed by atoms with Crippen molar-refractivity contribution in [2.45, 2.75) is 19.5 Å². The van der Waals surface area contributed by atoms with Crippen molar-refractivity contribution >= 4 is 7.98 Å². The fraction of sp³-hybridized carbons (Fsp3) is 0.333. The Balaban J connectivity index is 1.85. The number of azide groups is 1. The van der Waals surface area contributed by atoms with E-state index in [4.69, 9.17) is 13.5 Å². The zero-order valence-corrected chi connectivity index (χ0v) is 11.0. The highest BCUT2D eigenvalue weighted by Gasteiger charge is 2.03. The number of hydrogen-bond acceptors (Lipinski definition) is 4. The van der Waals surface area contributed by atoms with Crippen LogP contribution in [0, 0.1) is 0 Å². The predicted molar refractivity (Wildman–Crippen MR) is 75.5 cm³/mol. The Morgan fingerprint density at radius 3 is 2.65 bits per heavy atom. The quantitative estimate of drug-likeness (QED) is 0.358. The number of nitrogens with zero attached hydrogens (tertiary/aromatic N) is 6. The fourth-order valence-corrected chi connectivity index (χ4v) is 1.84. The van der Waals surface area contributed by atoms with E-state index in [2.05, 4.69) is 25.4 Å². The molecule has 8 heteroatoms. The molecule has 1 heterocycles. The van der Waals surface area contributed by atoms with Gasteiger partial charge in [-0.2, -0.15) is 15.4 Å². The third-order valence-corrected chi connectivity index (χ3v) is 2.80. The molecule has 0 saturated heterocycles. The lowest BCUT2D eigenvalue weighted by atomic mass is 10.1. The minimum atomic E-state index is 0.477. The zero-order valence-electron chi connectivity index (χ0n) is 11.0. The maximum atomic E-state index is 8.22. The number of aromatic amines is 1. The molecule has 1 aromatic heterocycles. The molecule has 0 fully saturated rings. The van der Waals surface area contributed by atoms with Crippen LogP contribution in [0.1, 0.15) is 16.8 Å². The fourth-order valence-electron chi connectivity index (χ4n) is 1.84. The van der Waals surface area contributed by atoms with Crippen molar-refractivity contribution in [1.82, 2.24) is 20.2 Å². The summed E-state index contributed by atoms with van der Waals surface area (Å²) in [4.78, 5) is 4.40. The topological polar surface area (TPSA) is 93.6 Å². The molecular formula is C12H14BN7. The van der Waals surface area contributed by atoms with Gasteiger partial charge in [0.2, 0.25) is 0 Å². The summed E-state index contributed by atoms with van der Waals surface area (Å²) in [7, 11) is 5.93. The summed E-state index contributed by atoms with van der Waals surface area (Å²) < 4.78 is 0. The summed E-state index contributed by atoms with van der Waals surface area (Å²) in [6.07, 6.45) is 2.40. The average molecular weight is 267 g/mol. The number of H-pyrrole nitrogens is 1. The lowest BCUT2D eigenvalue weighted by Gasteiger charge is -2.15. The molecule has 0 bridgehead atoms. The van der Waals surface area contributed by atoms with Gasteiger partial charge in [-0.15, -0.1) is 0 Å². The van der Waals surface area contributed by atoms with Crippen LogP contribution < -0.4 is 0 Å². The van der Waals surface area contributed by atoms with Crippen molar-refractivity contribution in [3.05, 3.63) is 57.7 Å². The van der Waals surface area contributed by atoms with E-state index in [0.29, 0.717) is 19.6 Å². The van der Waals surface area contributed by atoms with E-state index in [1.807, 2.05) is 24.3 Å². The van der Waals surface area contributed by atoms with Crippen molar-refractivity contribution in [1.29, 1.82) is 0 Å². The van der Waals surface area contributed by atoms with Crippen molar-refractivity contribution < 1.29 is 0 Å². The highest BCUT2D eigenvalue weighted by molar-refractivity contribution is 6.04. The first-order chi connectivity index (χ1) is 9.78. The monoisotopic (exact) mass is 267 g/mol. The predicted octanol–water partition coefficient (Wildman–Crippen LogP) is 1.74. The van der Waals surface area contributed by atoms with E-state index in [1.165, 1.54) is 0 Å². The molecule has 0 saturated carbocycles. The third-order valence-electron chi connectivity index (χ3n) is 2.80. The second-order valence-electron chi connectivity index (χ2n) is 4.39. The molecule has 0 aliphatic heterocycles. The van der Waals surface area contributed by atoms with E-state index in [9.17, 15) is 0 Å². The minimum absolute atomic E-state index is 0.477. The molecule has 0 amide bonds. The Kier molecular flexibility index (Phi) is 5.17. The molecule has 2 rings (SSSR count). The summed E-state index contributed by atoms with van der Waals surface area (Å²) >= 11 is 0. The van der Waals surface area contributed by atoms with E-state index in [0.717, 1.165) is 23.2 Å². The zero-order chi connectivity index (χ0) is 14.2. The molecule has 0 spiro atoms. The smallest absolute Gasteiger partial charge is 0.183 e. The maximum Gasteiger partial charge on any atom is 0.183 e. The third kappa shape index (κ3) is 4.42. The summed E-state index contributed by atoms with van der Waals surface area (Å²) in [6, 6.07) is 8.08. The molecule has 2 aromatic rings. The average Bonchev–Trinajstić information content (AvgIpc) is 2.94. The van der Waals surface area contributed by atoms with Crippen LogP contribution in [0.3, 0.4) is 0 Å². The van der Waals surface area contributed by atoms with E-state index >= 15 is 0 Å². The molecule has 0 atom stereocenters. The van der Waals surface area contributed by atoms with Gasteiger partial charge in [-0.05, 0) is 23.1 Å². The minimum Gasteiger partial charge on any atom is -0.345 e. The maximum absolute atomic E-state index is 8.22. The number of aromatic nitrogens is 3.